The summed E-state index contributed by atoms with van der Waals surface area (Å²) >= 11 is 0. The highest BCUT2D eigenvalue weighted by atomic mass is 32.2. The lowest BCUT2D eigenvalue weighted by atomic mass is 10.1. The van der Waals surface area contributed by atoms with Crippen LogP contribution in [0.1, 0.15) is 11.1 Å². The summed E-state index contributed by atoms with van der Waals surface area (Å²) in [5, 5.41) is 0. The molecule has 0 aliphatic rings. The average molecular weight is 229 g/mol. The van der Waals surface area contributed by atoms with Crippen molar-refractivity contribution >= 4 is 9.84 Å². The van der Waals surface area contributed by atoms with Gasteiger partial charge in [-0.2, -0.15) is 0 Å². The van der Waals surface area contributed by atoms with E-state index in [4.69, 9.17) is 5.90 Å². The van der Waals surface area contributed by atoms with E-state index in [1.807, 2.05) is 24.3 Å². The fourth-order valence-electron chi connectivity index (χ4n) is 1.20. The van der Waals surface area contributed by atoms with Crippen LogP contribution in [0, 0.1) is 0 Å². The lowest BCUT2D eigenvalue weighted by Crippen LogP contribution is -2.06. The van der Waals surface area contributed by atoms with Crippen molar-refractivity contribution in [3.8, 4) is 0 Å². The van der Waals surface area contributed by atoms with E-state index >= 15 is 0 Å². The summed E-state index contributed by atoms with van der Waals surface area (Å²) < 4.78 is 21.9. The molecule has 1 rings (SSSR count). The molecule has 1 aromatic rings. The molecule has 0 aromatic heterocycles. The van der Waals surface area contributed by atoms with Gasteiger partial charge in [-0.25, -0.2) is 14.3 Å². The van der Waals surface area contributed by atoms with Crippen molar-refractivity contribution in [3.63, 3.8) is 0 Å². The van der Waals surface area contributed by atoms with Crippen molar-refractivity contribution < 1.29 is 13.3 Å². The molecule has 0 saturated carbocycles. The molecule has 1 aromatic carbocycles. The number of hydrogen-bond acceptors (Lipinski definition) is 4. The number of aryl methyl sites for hydroxylation is 1. The molecule has 0 radical (unpaired) electrons. The highest BCUT2D eigenvalue weighted by molar-refractivity contribution is 7.90. The van der Waals surface area contributed by atoms with Gasteiger partial charge in [0.25, 0.3) is 0 Å². The average Bonchev–Trinajstić information content (AvgIpc) is 2.16. The summed E-state index contributed by atoms with van der Waals surface area (Å²) in [5.74, 6) is 5.12. The van der Waals surface area contributed by atoms with Gasteiger partial charge in [0.1, 0.15) is 9.84 Å². The molecule has 4 nitrogen and oxygen atoms in total. The number of sulfone groups is 1. The smallest absolute Gasteiger partial charge is 0.147 e. The SMILES string of the molecule is CS(=O)(=O)CCc1ccc(CON)cc1. The first-order chi connectivity index (χ1) is 7.01. The van der Waals surface area contributed by atoms with E-state index in [9.17, 15) is 8.42 Å². The molecular weight excluding hydrogens is 214 g/mol. The highest BCUT2D eigenvalue weighted by Gasteiger charge is 2.02. The third-order valence-electron chi connectivity index (χ3n) is 2.03. The molecule has 0 spiro atoms. The van der Waals surface area contributed by atoms with E-state index in [1.54, 1.807) is 0 Å². The minimum atomic E-state index is -2.89. The molecule has 0 aliphatic heterocycles. The summed E-state index contributed by atoms with van der Waals surface area (Å²) in [6.07, 6.45) is 1.78. The van der Waals surface area contributed by atoms with E-state index in [-0.39, 0.29) is 5.75 Å². The second-order valence-electron chi connectivity index (χ2n) is 3.51. The summed E-state index contributed by atoms with van der Waals surface area (Å²) in [6.45, 7) is 0.367. The van der Waals surface area contributed by atoms with Crippen LogP contribution in [0.2, 0.25) is 0 Å². The van der Waals surface area contributed by atoms with Gasteiger partial charge in [0.05, 0.1) is 12.4 Å². The van der Waals surface area contributed by atoms with Gasteiger partial charge in [-0.3, -0.25) is 4.84 Å². The lowest BCUT2D eigenvalue weighted by molar-refractivity contribution is 0.124. The van der Waals surface area contributed by atoms with Gasteiger partial charge in [0.2, 0.25) is 0 Å². The Bertz CT molecular complexity index is 397. The van der Waals surface area contributed by atoms with Crippen LogP contribution in [0.4, 0.5) is 0 Å². The Morgan fingerprint density at radius 3 is 2.20 bits per heavy atom. The van der Waals surface area contributed by atoms with Crippen LogP contribution in [0.5, 0.6) is 0 Å². The molecule has 0 saturated heterocycles. The minimum Gasteiger partial charge on any atom is -0.300 e. The van der Waals surface area contributed by atoms with Crippen LogP contribution in [-0.2, 0) is 27.7 Å². The van der Waals surface area contributed by atoms with E-state index < -0.39 is 9.84 Å². The molecule has 0 amide bonds. The maximum Gasteiger partial charge on any atom is 0.147 e. The number of rotatable bonds is 5. The molecule has 15 heavy (non-hydrogen) atoms. The van der Waals surface area contributed by atoms with Crippen LogP contribution in [0.15, 0.2) is 24.3 Å². The summed E-state index contributed by atoms with van der Waals surface area (Å²) in [6, 6.07) is 7.54. The Morgan fingerprint density at radius 2 is 1.73 bits per heavy atom. The number of nitrogens with two attached hydrogens (primary N) is 1. The zero-order valence-corrected chi connectivity index (χ0v) is 9.46. The predicted molar refractivity (Wildman–Crippen MR) is 58.8 cm³/mol. The Kier molecular flexibility index (Phi) is 4.26. The lowest BCUT2D eigenvalue weighted by Gasteiger charge is -2.02. The van der Waals surface area contributed by atoms with Gasteiger partial charge in [-0.05, 0) is 17.5 Å². The van der Waals surface area contributed by atoms with E-state index in [1.165, 1.54) is 6.26 Å². The van der Waals surface area contributed by atoms with Gasteiger partial charge in [-0.15, -0.1) is 0 Å². The molecule has 0 fully saturated rings. The zero-order valence-electron chi connectivity index (χ0n) is 8.64. The summed E-state index contributed by atoms with van der Waals surface area (Å²) in [4.78, 5) is 4.49. The third-order valence-corrected chi connectivity index (χ3v) is 2.98. The molecule has 0 unspecified atom stereocenters. The second kappa shape index (κ2) is 5.25. The Labute approximate surface area is 89.9 Å². The molecule has 5 heteroatoms. The first kappa shape index (κ1) is 12.2. The first-order valence-electron chi connectivity index (χ1n) is 4.58. The highest BCUT2D eigenvalue weighted by Crippen LogP contribution is 2.06. The standard InChI is InChI=1S/C10H15NO3S/c1-15(12,13)7-6-9-2-4-10(5-3-9)8-14-11/h2-5H,6-8,11H2,1H3. The predicted octanol–water partition coefficient (Wildman–Crippen LogP) is 0.664. The van der Waals surface area contributed by atoms with Crippen molar-refractivity contribution in [3.05, 3.63) is 35.4 Å². The maximum absolute atomic E-state index is 10.9. The van der Waals surface area contributed by atoms with Crippen molar-refractivity contribution in [1.82, 2.24) is 0 Å². The van der Waals surface area contributed by atoms with Crippen LogP contribution < -0.4 is 5.90 Å². The van der Waals surface area contributed by atoms with Crippen molar-refractivity contribution in [2.45, 2.75) is 13.0 Å². The minimum absolute atomic E-state index is 0.180. The molecule has 0 heterocycles. The second-order valence-corrected chi connectivity index (χ2v) is 5.77. The van der Waals surface area contributed by atoms with Crippen LogP contribution in [-0.4, -0.2) is 20.4 Å². The molecule has 0 bridgehead atoms. The quantitative estimate of drug-likeness (QED) is 0.753. The van der Waals surface area contributed by atoms with Gasteiger partial charge in [-0.1, -0.05) is 24.3 Å². The van der Waals surface area contributed by atoms with Crippen molar-refractivity contribution in [2.24, 2.45) is 5.90 Å². The van der Waals surface area contributed by atoms with Gasteiger partial charge < -0.3 is 0 Å². The van der Waals surface area contributed by atoms with Gasteiger partial charge in [0.15, 0.2) is 0 Å². The monoisotopic (exact) mass is 229 g/mol. The topological polar surface area (TPSA) is 69.4 Å². The van der Waals surface area contributed by atoms with Crippen LogP contribution in [0.25, 0.3) is 0 Å². The molecule has 0 atom stereocenters. The van der Waals surface area contributed by atoms with Gasteiger partial charge >= 0.3 is 0 Å². The fourth-order valence-corrected chi connectivity index (χ4v) is 1.81. The Morgan fingerprint density at radius 1 is 1.20 bits per heavy atom. The normalized spacial score (nSPS) is 11.6. The van der Waals surface area contributed by atoms with Crippen LogP contribution in [0.3, 0.4) is 0 Å². The van der Waals surface area contributed by atoms with Gasteiger partial charge in [0, 0.05) is 6.26 Å². The Balaban J connectivity index is 2.57. The summed E-state index contributed by atoms with van der Waals surface area (Å²) in [5.41, 5.74) is 1.97. The Hall–Kier alpha value is -0.910. The molecular formula is C10H15NO3S. The van der Waals surface area contributed by atoms with Crippen molar-refractivity contribution in [2.75, 3.05) is 12.0 Å². The largest absolute Gasteiger partial charge is 0.300 e. The maximum atomic E-state index is 10.9. The van der Waals surface area contributed by atoms with Crippen LogP contribution >= 0.6 is 0 Å². The fraction of sp³-hybridized carbons (Fsp3) is 0.400. The first-order valence-corrected chi connectivity index (χ1v) is 6.64. The third kappa shape index (κ3) is 4.92. The van der Waals surface area contributed by atoms with E-state index in [0.717, 1.165) is 11.1 Å². The number of hydrogen-bond donors (Lipinski definition) is 1. The van der Waals surface area contributed by atoms with Crippen molar-refractivity contribution in [1.29, 1.82) is 0 Å². The number of benzene rings is 1. The molecule has 0 aliphatic carbocycles. The van der Waals surface area contributed by atoms with E-state index in [0.29, 0.717) is 13.0 Å². The zero-order chi connectivity index (χ0) is 11.3. The summed E-state index contributed by atoms with van der Waals surface area (Å²) in [7, 11) is -2.89. The molecule has 2 N–H and O–H groups in total. The molecule has 84 valence electrons. The van der Waals surface area contributed by atoms with E-state index in [2.05, 4.69) is 4.84 Å².